The van der Waals surface area contributed by atoms with Gasteiger partial charge < -0.3 is 19.8 Å². The van der Waals surface area contributed by atoms with Crippen LogP contribution in [0, 0.1) is 5.92 Å². The molecule has 0 saturated heterocycles. The molecule has 0 bridgehead atoms. The van der Waals surface area contributed by atoms with Crippen molar-refractivity contribution in [3.05, 3.63) is 33.5 Å². The van der Waals surface area contributed by atoms with Crippen molar-refractivity contribution in [3.8, 4) is 0 Å². The highest BCUT2D eigenvalue weighted by atomic mass is 16.3. The molecule has 1 saturated carbocycles. The average molecular weight is 291 g/mol. The third-order valence-electron chi connectivity index (χ3n) is 3.91. The number of hydrogen-bond acceptors (Lipinski definition) is 6. The minimum atomic E-state index is -0.975. The van der Waals surface area contributed by atoms with Crippen LogP contribution in [-0.4, -0.2) is 48.5 Å². The van der Waals surface area contributed by atoms with E-state index in [1.54, 1.807) is 4.57 Å². The highest BCUT2D eigenvalue weighted by Gasteiger charge is 2.43. The molecule has 0 aromatic carbocycles. The molecule has 3 rings (SSSR count). The first kappa shape index (κ1) is 13.6. The molecule has 2 heterocycles. The molecular weight excluding hydrogens is 278 g/mol. The van der Waals surface area contributed by atoms with Crippen molar-refractivity contribution >= 4 is 11.2 Å². The molecule has 110 valence electrons. The number of aromatic amines is 1. The summed E-state index contributed by atoms with van der Waals surface area (Å²) in [6.07, 6.45) is 2.12. The Morgan fingerprint density at radius 2 is 2.38 bits per heavy atom. The van der Waals surface area contributed by atoms with Gasteiger partial charge in [-0.05, 0) is 17.9 Å². The minimum absolute atomic E-state index is 0.178. The lowest BCUT2D eigenvalue weighted by molar-refractivity contribution is 0.113. The van der Waals surface area contributed by atoms with Gasteiger partial charge in [-0.2, -0.15) is 0 Å². The summed E-state index contributed by atoms with van der Waals surface area (Å²) in [7, 11) is 0. The van der Waals surface area contributed by atoms with Crippen molar-refractivity contribution in [1.29, 1.82) is 0 Å². The van der Waals surface area contributed by atoms with Crippen molar-refractivity contribution in [2.24, 2.45) is 11.0 Å². The number of aromatic nitrogens is 4. The number of imidazole rings is 1. The Balaban J connectivity index is 2.05. The lowest BCUT2D eigenvalue weighted by Gasteiger charge is -2.18. The molecule has 10 nitrogen and oxygen atoms in total. The number of nitrogens with one attached hydrogen (secondary N) is 1. The highest BCUT2D eigenvalue weighted by Crippen LogP contribution is 2.38. The van der Waals surface area contributed by atoms with Crippen LogP contribution in [0.1, 0.15) is 12.5 Å². The van der Waals surface area contributed by atoms with Crippen LogP contribution in [-0.2, 0) is 0 Å². The number of hydrogen-bond donors (Lipinski definition) is 3. The molecule has 2 aromatic rings. The summed E-state index contributed by atoms with van der Waals surface area (Å²) in [4.78, 5) is 24.8. The predicted molar refractivity (Wildman–Crippen MR) is 71.3 cm³/mol. The van der Waals surface area contributed by atoms with Crippen LogP contribution in [0.5, 0.6) is 0 Å². The van der Waals surface area contributed by atoms with E-state index in [-0.39, 0.29) is 23.6 Å². The van der Waals surface area contributed by atoms with Crippen LogP contribution in [0.3, 0.4) is 0 Å². The molecule has 4 atom stereocenters. The van der Waals surface area contributed by atoms with Gasteiger partial charge in [-0.1, -0.05) is 5.11 Å². The number of aliphatic hydroxyl groups is 2. The summed E-state index contributed by atoms with van der Waals surface area (Å²) in [5, 5.41) is 23.3. The van der Waals surface area contributed by atoms with Crippen molar-refractivity contribution in [2.75, 3.05) is 6.61 Å². The van der Waals surface area contributed by atoms with E-state index in [1.165, 1.54) is 12.7 Å². The molecule has 0 radical (unpaired) electrons. The van der Waals surface area contributed by atoms with Gasteiger partial charge in [-0.25, -0.2) is 9.97 Å². The fourth-order valence-electron chi connectivity index (χ4n) is 2.88. The first-order chi connectivity index (χ1) is 10.2. The van der Waals surface area contributed by atoms with Gasteiger partial charge in [0, 0.05) is 11.5 Å². The number of nitrogens with zero attached hydrogens (tertiary/aromatic N) is 6. The van der Waals surface area contributed by atoms with Gasteiger partial charge in [-0.15, -0.1) is 0 Å². The summed E-state index contributed by atoms with van der Waals surface area (Å²) < 4.78 is 1.59. The molecule has 10 heteroatoms. The second-order valence-electron chi connectivity index (χ2n) is 4.99. The molecule has 2 aromatic heterocycles. The van der Waals surface area contributed by atoms with E-state index in [0.717, 1.165) is 0 Å². The van der Waals surface area contributed by atoms with E-state index in [0.29, 0.717) is 12.1 Å². The zero-order valence-corrected chi connectivity index (χ0v) is 10.9. The van der Waals surface area contributed by atoms with Crippen LogP contribution in [0.2, 0.25) is 0 Å². The van der Waals surface area contributed by atoms with Gasteiger partial charge in [0.05, 0.1) is 30.8 Å². The molecule has 21 heavy (non-hydrogen) atoms. The Morgan fingerprint density at radius 1 is 1.57 bits per heavy atom. The summed E-state index contributed by atoms with van der Waals surface area (Å²) in [6.45, 7) is -0.197. The van der Waals surface area contributed by atoms with Gasteiger partial charge in [0.2, 0.25) is 0 Å². The van der Waals surface area contributed by atoms with Crippen LogP contribution >= 0.6 is 0 Å². The monoisotopic (exact) mass is 291 g/mol. The maximum absolute atomic E-state index is 11.6. The molecule has 0 amide bonds. The standard InChI is InChI=1S/C11H13N7O3/c12-17-16-7-5(2-19)1-6(9(7)20)18-4-15-8-10(18)13-3-14-11(8)21/h3-7,9,19-20H,1-2H2,(H,13,14,21)/t5-,6-,7?,9-/m1/s1. The van der Waals surface area contributed by atoms with Crippen molar-refractivity contribution < 1.29 is 10.2 Å². The van der Waals surface area contributed by atoms with E-state index in [2.05, 4.69) is 25.0 Å². The maximum Gasteiger partial charge on any atom is 0.278 e. The molecule has 3 N–H and O–H groups in total. The van der Waals surface area contributed by atoms with E-state index >= 15 is 0 Å². The summed E-state index contributed by atoms with van der Waals surface area (Å²) in [5.74, 6) is -0.347. The SMILES string of the molecule is [N-]=[N+]=NC1[C@@H](CO)C[C@@H](n2cnc3c(=O)[nH]cnc32)[C@H]1O. The molecule has 1 fully saturated rings. The van der Waals surface area contributed by atoms with Crippen molar-refractivity contribution in [2.45, 2.75) is 24.6 Å². The van der Waals surface area contributed by atoms with Gasteiger partial charge in [0.1, 0.15) is 0 Å². The second-order valence-corrected chi connectivity index (χ2v) is 4.99. The first-order valence-electron chi connectivity index (χ1n) is 6.40. The summed E-state index contributed by atoms with van der Waals surface area (Å²) in [5.41, 5.74) is 8.73. The van der Waals surface area contributed by atoms with Crippen LogP contribution in [0.25, 0.3) is 21.6 Å². The molecule has 1 unspecified atom stereocenters. The van der Waals surface area contributed by atoms with Gasteiger partial charge in [0.15, 0.2) is 11.2 Å². The van der Waals surface area contributed by atoms with E-state index in [4.69, 9.17) is 5.53 Å². The normalized spacial score (nSPS) is 28.7. The van der Waals surface area contributed by atoms with Crippen LogP contribution in [0.15, 0.2) is 22.6 Å². The lowest BCUT2D eigenvalue weighted by Crippen LogP contribution is -2.28. The molecule has 1 aliphatic rings. The Bertz CT molecular complexity index is 763. The summed E-state index contributed by atoms with van der Waals surface area (Å²) >= 11 is 0. The maximum atomic E-state index is 11.6. The third kappa shape index (κ3) is 2.05. The fraction of sp³-hybridized carbons (Fsp3) is 0.545. The Hall–Kier alpha value is -2.42. The Kier molecular flexibility index (Phi) is 3.34. The number of azide groups is 1. The zero-order chi connectivity index (χ0) is 15.0. The number of fused-ring (bicyclic) bond motifs is 1. The molecular formula is C11H13N7O3. The van der Waals surface area contributed by atoms with E-state index < -0.39 is 18.2 Å². The van der Waals surface area contributed by atoms with Gasteiger partial charge >= 0.3 is 0 Å². The predicted octanol–water partition coefficient (Wildman–Crippen LogP) is -0.287. The minimum Gasteiger partial charge on any atom is -0.396 e. The number of H-pyrrole nitrogens is 1. The smallest absolute Gasteiger partial charge is 0.278 e. The third-order valence-corrected chi connectivity index (χ3v) is 3.91. The molecule has 0 spiro atoms. The van der Waals surface area contributed by atoms with Crippen LogP contribution in [0.4, 0.5) is 0 Å². The van der Waals surface area contributed by atoms with Gasteiger partial charge in [0.25, 0.3) is 5.56 Å². The van der Waals surface area contributed by atoms with Crippen LogP contribution < -0.4 is 5.56 Å². The Labute approximate surface area is 117 Å². The quantitative estimate of drug-likeness (QED) is 0.403. The fourth-order valence-corrected chi connectivity index (χ4v) is 2.88. The van der Waals surface area contributed by atoms with Crippen molar-refractivity contribution in [1.82, 2.24) is 19.5 Å². The van der Waals surface area contributed by atoms with E-state index in [9.17, 15) is 15.0 Å². The molecule has 0 aliphatic heterocycles. The summed E-state index contributed by atoms with van der Waals surface area (Å²) in [6, 6.07) is -1.18. The average Bonchev–Trinajstić information content (AvgIpc) is 3.03. The molecule has 1 aliphatic carbocycles. The van der Waals surface area contributed by atoms with Crippen molar-refractivity contribution in [3.63, 3.8) is 0 Å². The zero-order valence-electron chi connectivity index (χ0n) is 10.9. The Morgan fingerprint density at radius 3 is 3.10 bits per heavy atom. The largest absolute Gasteiger partial charge is 0.396 e. The van der Waals surface area contributed by atoms with Gasteiger partial charge in [-0.3, -0.25) is 4.79 Å². The second kappa shape index (κ2) is 5.17. The first-order valence-corrected chi connectivity index (χ1v) is 6.40. The highest BCUT2D eigenvalue weighted by molar-refractivity contribution is 5.69. The number of aliphatic hydroxyl groups excluding tert-OH is 2. The van der Waals surface area contributed by atoms with E-state index in [1.807, 2.05) is 0 Å². The lowest BCUT2D eigenvalue weighted by atomic mass is 10.1. The topological polar surface area (TPSA) is 153 Å². The number of rotatable bonds is 3.